The lowest BCUT2D eigenvalue weighted by atomic mass is 10.2. The lowest BCUT2D eigenvalue weighted by Gasteiger charge is -2.08. The van der Waals surface area contributed by atoms with Crippen molar-refractivity contribution >= 4 is 23.1 Å². The summed E-state index contributed by atoms with van der Waals surface area (Å²) in [5, 5.41) is 2.11. The van der Waals surface area contributed by atoms with Crippen molar-refractivity contribution in [2.45, 2.75) is 22.8 Å². The van der Waals surface area contributed by atoms with Crippen molar-refractivity contribution in [2.24, 2.45) is 0 Å². The van der Waals surface area contributed by atoms with Crippen LogP contribution in [0.25, 0.3) is 0 Å². The number of rotatable bonds is 3. The largest absolute Gasteiger partial charge is 0.352 e. The molecule has 3 heterocycles. The van der Waals surface area contributed by atoms with Gasteiger partial charge < -0.3 is 9.47 Å². The molecule has 3 aromatic rings. The summed E-state index contributed by atoms with van der Waals surface area (Å²) in [7, 11) is 0. The first kappa shape index (κ1) is 17.3. The zero-order valence-corrected chi connectivity index (χ0v) is 15.9. The van der Waals surface area contributed by atoms with E-state index in [1.54, 1.807) is 29.3 Å². The molecule has 0 amide bonds. The Morgan fingerprint density at radius 1 is 1.12 bits per heavy atom. The number of aryl methyl sites for hydroxylation is 1. The van der Waals surface area contributed by atoms with Crippen LogP contribution in [0.5, 0.6) is 0 Å². The molecule has 2 aromatic heterocycles. The number of aromatic nitrogens is 1. The van der Waals surface area contributed by atoms with Crippen LogP contribution in [-0.4, -0.2) is 18.4 Å². The average Bonchev–Trinajstić information content (AvgIpc) is 3.32. The molecule has 130 valence electrons. The Labute approximate surface area is 161 Å². The predicted molar refractivity (Wildman–Crippen MR) is 104 cm³/mol. The molecule has 26 heavy (non-hydrogen) atoms. The van der Waals surface area contributed by atoms with Crippen molar-refractivity contribution < 1.29 is 9.47 Å². The summed E-state index contributed by atoms with van der Waals surface area (Å²) >= 11 is 3.47. The van der Waals surface area contributed by atoms with E-state index < -0.39 is 0 Å². The van der Waals surface area contributed by atoms with E-state index >= 15 is 0 Å². The molecule has 0 N–H and O–H groups in total. The molecule has 4 rings (SSSR count). The van der Waals surface area contributed by atoms with Crippen LogP contribution < -0.4 is 0 Å². The molecule has 0 spiro atoms. The third-order valence-electron chi connectivity index (χ3n) is 3.90. The van der Waals surface area contributed by atoms with Crippen LogP contribution >= 0.6 is 23.1 Å². The fourth-order valence-electron chi connectivity index (χ4n) is 2.61. The Morgan fingerprint density at radius 3 is 2.73 bits per heavy atom. The molecule has 1 fully saturated rings. The molecule has 1 atom stereocenters. The molecular weight excluding hydrogens is 362 g/mol. The maximum absolute atomic E-state index is 5.63. The van der Waals surface area contributed by atoms with E-state index in [2.05, 4.69) is 52.5 Å². The first-order valence-corrected chi connectivity index (χ1v) is 9.97. The SMILES string of the molecule is Cc1cc(C#Cc2ccc(Sc3ccsc3C3COCO3)cc2)ccn1. The number of hydrogen-bond acceptors (Lipinski definition) is 5. The number of hydrogen-bond donors (Lipinski definition) is 0. The Kier molecular flexibility index (Phi) is 5.37. The van der Waals surface area contributed by atoms with Gasteiger partial charge in [0.15, 0.2) is 0 Å². The average molecular weight is 380 g/mol. The Balaban J connectivity index is 1.46. The topological polar surface area (TPSA) is 31.4 Å². The van der Waals surface area contributed by atoms with Gasteiger partial charge in [0.25, 0.3) is 0 Å². The molecule has 0 radical (unpaired) electrons. The fraction of sp³-hybridized carbons (Fsp3) is 0.190. The molecule has 1 aliphatic rings. The molecule has 5 heteroatoms. The molecular formula is C21H17NO2S2. The second-order valence-electron chi connectivity index (χ2n) is 5.86. The van der Waals surface area contributed by atoms with E-state index in [1.165, 1.54) is 14.7 Å². The van der Waals surface area contributed by atoms with Gasteiger partial charge >= 0.3 is 0 Å². The van der Waals surface area contributed by atoms with E-state index in [0.29, 0.717) is 13.4 Å². The summed E-state index contributed by atoms with van der Waals surface area (Å²) in [5.74, 6) is 6.40. The van der Waals surface area contributed by atoms with Gasteiger partial charge in [0.1, 0.15) is 12.9 Å². The monoisotopic (exact) mass is 379 g/mol. The van der Waals surface area contributed by atoms with E-state index in [4.69, 9.17) is 9.47 Å². The van der Waals surface area contributed by atoms with E-state index in [9.17, 15) is 0 Å². The number of ether oxygens (including phenoxy) is 2. The van der Waals surface area contributed by atoms with Gasteiger partial charge in [0, 0.05) is 37.7 Å². The molecule has 3 nitrogen and oxygen atoms in total. The summed E-state index contributed by atoms with van der Waals surface area (Å²) in [4.78, 5) is 7.85. The highest BCUT2D eigenvalue weighted by molar-refractivity contribution is 7.99. The Morgan fingerprint density at radius 2 is 1.96 bits per heavy atom. The lowest BCUT2D eigenvalue weighted by molar-refractivity contribution is 0.0469. The van der Waals surface area contributed by atoms with Crippen molar-refractivity contribution in [2.75, 3.05) is 13.4 Å². The summed E-state index contributed by atoms with van der Waals surface area (Å²) in [6.45, 7) is 2.99. The highest BCUT2D eigenvalue weighted by Crippen LogP contribution is 2.39. The van der Waals surface area contributed by atoms with Gasteiger partial charge in [0.2, 0.25) is 0 Å². The van der Waals surface area contributed by atoms with Gasteiger partial charge in [-0.25, -0.2) is 0 Å². The van der Waals surface area contributed by atoms with E-state index in [-0.39, 0.29) is 6.10 Å². The van der Waals surface area contributed by atoms with Gasteiger partial charge in [-0.2, -0.15) is 0 Å². The van der Waals surface area contributed by atoms with Crippen LogP contribution in [0, 0.1) is 18.8 Å². The van der Waals surface area contributed by atoms with Crippen molar-refractivity contribution in [3.8, 4) is 11.8 Å². The summed E-state index contributed by atoms with van der Waals surface area (Å²) in [6, 6.07) is 14.4. The fourth-order valence-corrected chi connectivity index (χ4v) is 4.69. The van der Waals surface area contributed by atoms with Crippen molar-refractivity contribution in [3.05, 3.63) is 75.7 Å². The van der Waals surface area contributed by atoms with Crippen LogP contribution in [0.2, 0.25) is 0 Å². The quantitative estimate of drug-likeness (QED) is 0.596. The highest BCUT2D eigenvalue weighted by atomic mass is 32.2. The lowest BCUT2D eigenvalue weighted by Crippen LogP contribution is -1.97. The maximum atomic E-state index is 5.63. The maximum Gasteiger partial charge on any atom is 0.147 e. The minimum atomic E-state index is 0.0615. The van der Waals surface area contributed by atoms with Gasteiger partial charge in [-0.1, -0.05) is 23.6 Å². The van der Waals surface area contributed by atoms with Crippen LogP contribution in [0.3, 0.4) is 0 Å². The standard InChI is InChI=1S/C21H17NO2S2/c1-15-12-17(8-10-22-15)3-2-16-4-6-18(7-5-16)26-20-9-11-25-21(20)19-13-23-14-24-19/h4-12,19H,13-14H2,1H3. The Hall–Kier alpha value is -2.10. The summed E-state index contributed by atoms with van der Waals surface area (Å²) < 4.78 is 11.0. The van der Waals surface area contributed by atoms with Gasteiger partial charge in [0.05, 0.1) is 6.61 Å². The Bertz CT molecular complexity index is 948. The van der Waals surface area contributed by atoms with Gasteiger partial charge in [-0.3, -0.25) is 4.98 Å². The zero-order valence-electron chi connectivity index (χ0n) is 14.3. The molecule has 1 aliphatic heterocycles. The van der Waals surface area contributed by atoms with Crippen LogP contribution in [0.4, 0.5) is 0 Å². The second-order valence-corrected chi connectivity index (χ2v) is 7.92. The third-order valence-corrected chi connectivity index (χ3v) is 6.12. The molecule has 1 unspecified atom stereocenters. The van der Waals surface area contributed by atoms with Crippen LogP contribution in [0.1, 0.15) is 27.8 Å². The molecule has 1 aromatic carbocycles. The van der Waals surface area contributed by atoms with Crippen molar-refractivity contribution in [1.82, 2.24) is 4.98 Å². The number of benzene rings is 1. The zero-order chi connectivity index (χ0) is 17.8. The molecule has 0 bridgehead atoms. The number of nitrogens with zero attached hydrogens (tertiary/aromatic N) is 1. The predicted octanol–water partition coefficient (Wildman–Crippen LogP) is 5.05. The van der Waals surface area contributed by atoms with Crippen LogP contribution in [0.15, 0.2) is 63.8 Å². The van der Waals surface area contributed by atoms with Crippen molar-refractivity contribution in [1.29, 1.82) is 0 Å². The molecule has 0 saturated carbocycles. The van der Waals surface area contributed by atoms with Crippen LogP contribution in [-0.2, 0) is 9.47 Å². The number of pyridine rings is 1. The summed E-state index contributed by atoms with van der Waals surface area (Å²) in [6.07, 6.45) is 1.85. The second kappa shape index (κ2) is 8.07. The van der Waals surface area contributed by atoms with Gasteiger partial charge in [-0.15, -0.1) is 11.3 Å². The third kappa shape index (κ3) is 4.17. The minimum Gasteiger partial charge on any atom is -0.352 e. The first-order valence-electron chi connectivity index (χ1n) is 8.27. The van der Waals surface area contributed by atoms with Crippen molar-refractivity contribution in [3.63, 3.8) is 0 Å². The first-order chi connectivity index (χ1) is 12.8. The summed E-state index contributed by atoms with van der Waals surface area (Å²) in [5.41, 5.74) is 2.96. The smallest absolute Gasteiger partial charge is 0.147 e. The highest BCUT2D eigenvalue weighted by Gasteiger charge is 2.22. The molecule has 1 saturated heterocycles. The number of thiophene rings is 1. The van der Waals surface area contributed by atoms with E-state index in [1.807, 2.05) is 19.1 Å². The normalized spacial score (nSPS) is 16.3. The van der Waals surface area contributed by atoms with E-state index in [0.717, 1.165) is 16.8 Å². The minimum absolute atomic E-state index is 0.0615. The molecule has 0 aliphatic carbocycles. The van der Waals surface area contributed by atoms with Gasteiger partial charge in [-0.05, 0) is 54.8 Å².